The van der Waals surface area contributed by atoms with Crippen molar-refractivity contribution in [3.05, 3.63) is 65.7 Å². The molecule has 1 aliphatic rings. The van der Waals surface area contributed by atoms with Crippen LogP contribution in [0.2, 0.25) is 0 Å². The molecule has 0 aromatic heterocycles. The van der Waals surface area contributed by atoms with Gasteiger partial charge >= 0.3 is 12.1 Å². The van der Waals surface area contributed by atoms with Crippen LogP contribution in [-0.2, 0) is 35.2 Å². The first-order valence-corrected chi connectivity index (χ1v) is 11.3. The summed E-state index contributed by atoms with van der Waals surface area (Å²) in [6, 6.07) is 14.4. The lowest BCUT2D eigenvalue weighted by Crippen LogP contribution is -2.41. The van der Waals surface area contributed by atoms with Gasteiger partial charge in [-0.25, -0.2) is 9.59 Å². The van der Waals surface area contributed by atoms with Gasteiger partial charge in [-0.1, -0.05) is 48.0 Å². The summed E-state index contributed by atoms with van der Waals surface area (Å²) in [5.74, 6) is -0.627. The van der Waals surface area contributed by atoms with Crippen molar-refractivity contribution in [3.63, 3.8) is 0 Å². The molecule has 0 N–H and O–H groups in total. The number of likely N-dealkylation sites (tertiary alicyclic amines) is 1. The van der Waals surface area contributed by atoms with Gasteiger partial charge < -0.3 is 9.47 Å². The Balaban J connectivity index is 1.71. The zero-order valence-corrected chi connectivity index (χ0v) is 18.2. The van der Waals surface area contributed by atoms with Gasteiger partial charge in [0.2, 0.25) is 0 Å². The molecule has 0 bridgehead atoms. The monoisotopic (exact) mass is 447 g/mol. The van der Waals surface area contributed by atoms with Crippen molar-refractivity contribution in [3.8, 4) is 0 Å². The van der Waals surface area contributed by atoms with E-state index in [1.807, 2.05) is 25.1 Å². The molecule has 166 valence electrons. The van der Waals surface area contributed by atoms with Crippen LogP contribution >= 0.6 is 0 Å². The van der Waals surface area contributed by atoms with Crippen molar-refractivity contribution in [1.29, 1.82) is 0 Å². The molecular formula is C22H25NO7S. The maximum atomic E-state index is 12.6. The van der Waals surface area contributed by atoms with E-state index in [0.29, 0.717) is 0 Å². The number of hydrogen-bond acceptors (Lipinski definition) is 7. The standard InChI is InChI=1S/C22H25NO7S/c1-3-28-21(24)20-13-18(30-31(26,27)19-11-9-16(2)10-12-19)14-23(20)22(25)29-15-17-7-5-4-6-8-17/h4-12,18,20H,3,13-15H2,1-2H3/t18?,20-/m0/s1. The van der Waals surface area contributed by atoms with Gasteiger partial charge in [-0.05, 0) is 31.5 Å². The van der Waals surface area contributed by atoms with Crippen LogP contribution in [-0.4, -0.2) is 50.7 Å². The summed E-state index contributed by atoms with van der Waals surface area (Å²) in [4.78, 5) is 26.2. The van der Waals surface area contributed by atoms with Crippen LogP contribution in [0.25, 0.3) is 0 Å². The van der Waals surface area contributed by atoms with Crippen LogP contribution in [0.3, 0.4) is 0 Å². The summed E-state index contributed by atoms with van der Waals surface area (Å²) in [6.07, 6.45) is -1.64. The number of ether oxygens (including phenoxy) is 2. The lowest BCUT2D eigenvalue weighted by atomic mass is 10.2. The summed E-state index contributed by atoms with van der Waals surface area (Å²) in [6.45, 7) is 3.55. The number of hydrogen-bond donors (Lipinski definition) is 0. The van der Waals surface area contributed by atoms with Crippen LogP contribution in [0.5, 0.6) is 0 Å². The second kappa shape index (κ2) is 9.93. The smallest absolute Gasteiger partial charge is 0.410 e. The van der Waals surface area contributed by atoms with Crippen LogP contribution in [0.4, 0.5) is 4.79 Å². The molecule has 1 amide bonds. The minimum Gasteiger partial charge on any atom is -0.464 e. The molecule has 2 atom stereocenters. The van der Waals surface area contributed by atoms with Crippen LogP contribution in [0.15, 0.2) is 59.5 Å². The molecule has 1 heterocycles. The highest BCUT2D eigenvalue weighted by atomic mass is 32.2. The second-order valence-electron chi connectivity index (χ2n) is 7.18. The average Bonchev–Trinajstić information content (AvgIpc) is 3.16. The highest BCUT2D eigenvalue weighted by Gasteiger charge is 2.43. The molecule has 0 radical (unpaired) electrons. The lowest BCUT2D eigenvalue weighted by molar-refractivity contribution is -0.148. The summed E-state index contributed by atoms with van der Waals surface area (Å²) in [5, 5.41) is 0. The third-order valence-corrected chi connectivity index (χ3v) is 6.21. The number of amides is 1. The molecule has 2 aromatic rings. The molecule has 31 heavy (non-hydrogen) atoms. The third kappa shape index (κ3) is 5.83. The zero-order chi connectivity index (χ0) is 22.4. The predicted molar refractivity (Wildman–Crippen MR) is 112 cm³/mol. The Morgan fingerprint density at radius 2 is 1.71 bits per heavy atom. The molecule has 2 aromatic carbocycles. The van der Waals surface area contributed by atoms with Crippen LogP contribution < -0.4 is 0 Å². The van der Waals surface area contributed by atoms with E-state index in [4.69, 9.17) is 13.7 Å². The summed E-state index contributed by atoms with van der Waals surface area (Å²) in [5.41, 5.74) is 1.70. The number of rotatable bonds is 7. The van der Waals surface area contributed by atoms with Crippen molar-refractivity contribution < 1.29 is 31.7 Å². The van der Waals surface area contributed by atoms with E-state index in [9.17, 15) is 18.0 Å². The van der Waals surface area contributed by atoms with Crippen molar-refractivity contribution >= 4 is 22.2 Å². The normalized spacial score (nSPS) is 18.6. The lowest BCUT2D eigenvalue weighted by Gasteiger charge is -2.22. The number of carbonyl (C=O) groups excluding carboxylic acids is 2. The Morgan fingerprint density at radius 1 is 1.03 bits per heavy atom. The Hall–Kier alpha value is -2.91. The number of carbonyl (C=O) groups is 2. The molecule has 0 spiro atoms. The maximum Gasteiger partial charge on any atom is 0.410 e. The highest BCUT2D eigenvalue weighted by molar-refractivity contribution is 7.86. The fraction of sp³-hybridized carbons (Fsp3) is 0.364. The fourth-order valence-corrected chi connectivity index (χ4v) is 4.35. The van der Waals surface area contributed by atoms with E-state index in [1.165, 1.54) is 12.1 Å². The summed E-state index contributed by atoms with van der Waals surface area (Å²) in [7, 11) is -4.06. The first-order valence-electron chi connectivity index (χ1n) is 9.94. The molecule has 0 saturated carbocycles. The van der Waals surface area contributed by atoms with Crippen molar-refractivity contribution in [2.75, 3.05) is 13.2 Å². The van der Waals surface area contributed by atoms with Crippen LogP contribution in [0, 0.1) is 6.92 Å². The minimum atomic E-state index is -4.06. The molecule has 0 aliphatic carbocycles. The number of benzene rings is 2. The first-order chi connectivity index (χ1) is 14.8. The highest BCUT2D eigenvalue weighted by Crippen LogP contribution is 2.26. The summed E-state index contributed by atoms with van der Waals surface area (Å²) >= 11 is 0. The van der Waals surface area contributed by atoms with Crippen molar-refractivity contribution in [2.45, 2.75) is 43.9 Å². The van der Waals surface area contributed by atoms with Crippen molar-refractivity contribution in [2.24, 2.45) is 0 Å². The molecule has 9 heteroatoms. The van der Waals surface area contributed by atoms with Gasteiger partial charge in [0, 0.05) is 6.42 Å². The van der Waals surface area contributed by atoms with Gasteiger partial charge in [-0.2, -0.15) is 8.42 Å². The second-order valence-corrected chi connectivity index (χ2v) is 8.75. The third-order valence-electron chi connectivity index (χ3n) is 4.83. The quantitative estimate of drug-likeness (QED) is 0.475. The molecular weight excluding hydrogens is 422 g/mol. The average molecular weight is 448 g/mol. The number of aryl methyl sites for hydroxylation is 1. The molecule has 8 nitrogen and oxygen atoms in total. The van der Waals surface area contributed by atoms with Crippen molar-refractivity contribution in [1.82, 2.24) is 4.90 Å². The van der Waals surface area contributed by atoms with Gasteiger partial charge in [0.15, 0.2) is 0 Å². The van der Waals surface area contributed by atoms with Gasteiger partial charge in [-0.3, -0.25) is 9.08 Å². The zero-order valence-electron chi connectivity index (χ0n) is 17.4. The SMILES string of the molecule is CCOC(=O)[C@@H]1CC(OS(=O)(=O)c2ccc(C)cc2)CN1C(=O)OCc1ccccc1. The number of nitrogens with zero attached hydrogens (tertiary/aromatic N) is 1. The van der Waals surface area contributed by atoms with Gasteiger partial charge in [0.25, 0.3) is 10.1 Å². The molecule has 1 saturated heterocycles. The van der Waals surface area contributed by atoms with E-state index < -0.39 is 34.3 Å². The van der Waals surface area contributed by atoms with Gasteiger partial charge in [0.1, 0.15) is 12.6 Å². The maximum absolute atomic E-state index is 12.6. The van der Waals surface area contributed by atoms with E-state index in [1.54, 1.807) is 31.2 Å². The van der Waals surface area contributed by atoms with E-state index >= 15 is 0 Å². The van der Waals surface area contributed by atoms with Gasteiger partial charge in [-0.15, -0.1) is 0 Å². The predicted octanol–water partition coefficient (Wildman–Crippen LogP) is 3.04. The van der Waals surface area contributed by atoms with E-state index in [-0.39, 0.29) is 31.1 Å². The Bertz CT molecular complexity index is 1010. The molecule has 1 aliphatic heterocycles. The fourth-order valence-electron chi connectivity index (χ4n) is 3.27. The molecule has 1 unspecified atom stereocenters. The van der Waals surface area contributed by atoms with Crippen LogP contribution in [0.1, 0.15) is 24.5 Å². The Labute approximate surface area is 181 Å². The number of esters is 1. The van der Waals surface area contributed by atoms with E-state index in [2.05, 4.69) is 0 Å². The van der Waals surface area contributed by atoms with E-state index in [0.717, 1.165) is 16.0 Å². The largest absolute Gasteiger partial charge is 0.464 e. The van der Waals surface area contributed by atoms with Gasteiger partial charge in [0.05, 0.1) is 24.2 Å². The molecule has 3 rings (SSSR count). The minimum absolute atomic E-state index is 0.00956. The Morgan fingerprint density at radius 3 is 2.35 bits per heavy atom. The topological polar surface area (TPSA) is 99.2 Å². The Kier molecular flexibility index (Phi) is 7.29. The first kappa shape index (κ1) is 22.8. The molecule has 1 fully saturated rings. The summed E-state index contributed by atoms with van der Waals surface area (Å²) < 4.78 is 40.9.